The molecule has 0 unspecified atom stereocenters. The topological polar surface area (TPSA) is 58.6 Å². The van der Waals surface area contributed by atoms with Gasteiger partial charge < -0.3 is 10.1 Å². The Kier molecular flexibility index (Phi) is 5.92. The van der Waals surface area contributed by atoms with Gasteiger partial charge in [0.15, 0.2) is 0 Å². The smallest absolute Gasteiger partial charge is 0.278 e. The summed E-state index contributed by atoms with van der Waals surface area (Å²) >= 11 is 6.18. The van der Waals surface area contributed by atoms with Crippen LogP contribution in [-0.2, 0) is 16.1 Å². The second-order valence-electron chi connectivity index (χ2n) is 7.05. The highest BCUT2D eigenvalue weighted by molar-refractivity contribution is 6.36. The van der Waals surface area contributed by atoms with Gasteiger partial charge in [0, 0.05) is 5.69 Å². The van der Waals surface area contributed by atoms with E-state index in [9.17, 15) is 18.4 Å². The van der Waals surface area contributed by atoms with E-state index in [2.05, 4.69) is 5.32 Å². The van der Waals surface area contributed by atoms with Crippen molar-refractivity contribution in [3.63, 3.8) is 0 Å². The maximum Gasteiger partial charge on any atom is 0.278 e. The zero-order chi connectivity index (χ0) is 22.8. The van der Waals surface area contributed by atoms with Crippen LogP contribution in [0.25, 0.3) is 5.57 Å². The second-order valence-corrected chi connectivity index (χ2v) is 7.46. The number of ether oxygens (including phenoxy) is 1. The Hall–Kier alpha value is -3.71. The molecule has 0 aromatic heterocycles. The number of halogens is 3. The highest BCUT2D eigenvalue weighted by atomic mass is 35.5. The summed E-state index contributed by atoms with van der Waals surface area (Å²) in [5, 5.41) is 3.30. The predicted molar refractivity (Wildman–Crippen MR) is 117 cm³/mol. The molecule has 162 valence electrons. The molecule has 3 aromatic rings. The molecule has 1 heterocycles. The number of amides is 2. The van der Waals surface area contributed by atoms with Gasteiger partial charge in [-0.1, -0.05) is 35.9 Å². The van der Waals surface area contributed by atoms with Crippen LogP contribution in [0.1, 0.15) is 11.1 Å². The van der Waals surface area contributed by atoms with Gasteiger partial charge >= 0.3 is 0 Å². The van der Waals surface area contributed by atoms with Gasteiger partial charge in [-0.15, -0.1) is 0 Å². The van der Waals surface area contributed by atoms with Crippen molar-refractivity contribution < 1.29 is 23.1 Å². The van der Waals surface area contributed by atoms with Gasteiger partial charge in [-0.2, -0.15) is 0 Å². The average Bonchev–Trinajstić information content (AvgIpc) is 3.00. The van der Waals surface area contributed by atoms with E-state index in [1.54, 1.807) is 18.2 Å². The molecule has 0 fully saturated rings. The summed E-state index contributed by atoms with van der Waals surface area (Å²) in [6, 6.07) is 15.6. The molecule has 0 radical (unpaired) electrons. The molecule has 4 rings (SSSR count). The van der Waals surface area contributed by atoms with Crippen molar-refractivity contribution in [1.29, 1.82) is 0 Å². The summed E-state index contributed by atoms with van der Waals surface area (Å²) < 4.78 is 31.8. The van der Waals surface area contributed by atoms with Crippen LogP contribution in [-0.4, -0.2) is 23.8 Å². The van der Waals surface area contributed by atoms with Gasteiger partial charge in [0.2, 0.25) is 0 Å². The number of carbonyl (C=O) groups is 2. The summed E-state index contributed by atoms with van der Waals surface area (Å²) in [4.78, 5) is 27.5. The maximum absolute atomic E-state index is 13.5. The third kappa shape index (κ3) is 4.20. The number of hydrogen-bond acceptors (Lipinski definition) is 4. The third-order valence-corrected chi connectivity index (χ3v) is 5.27. The molecule has 0 atom stereocenters. The van der Waals surface area contributed by atoms with E-state index in [1.165, 1.54) is 55.6 Å². The standard InChI is InChI=1S/C24H17ClF2N2O3/c1-32-20-11-10-18(12-19(20)25)28-22-21(15-4-8-17(27)9-5-15)23(30)29(24(22)31)13-14-2-6-16(26)7-3-14/h2-12,28H,13H2,1H3. The van der Waals surface area contributed by atoms with Crippen molar-refractivity contribution in [2.45, 2.75) is 6.54 Å². The number of hydrogen-bond donors (Lipinski definition) is 1. The molecular weight excluding hydrogens is 438 g/mol. The summed E-state index contributed by atoms with van der Waals surface area (Å²) in [6.45, 7) is -0.0445. The number of carbonyl (C=O) groups excluding carboxylic acids is 2. The molecule has 0 saturated heterocycles. The van der Waals surface area contributed by atoms with E-state index in [1.807, 2.05) is 0 Å². The highest BCUT2D eigenvalue weighted by Crippen LogP contribution is 2.33. The zero-order valence-electron chi connectivity index (χ0n) is 16.9. The summed E-state index contributed by atoms with van der Waals surface area (Å²) in [7, 11) is 1.48. The van der Waals surface area contributed by atoms with E-state index in [4.69, 9.17) is 16.3 Å². The van der Waals surface area contributed by atoms with Crippen molar-refractivity contribution in [2.24, 2.45) is 0 Å². The molecule has 1 N–H and O–H groups in total. The van der Waals surface area contributed by atoms with E-state index >= 15 is 0 Å². The van der Waals surface area contributed by atoms with Crippen molar-refractivity contribution in [3.05, 3.63) is 100 Å². The van der Waals surface area contributed by atoms with E-state index < -0.39 is 23.4 Å². The Labute approximate surface area is 187 Å². The number of rotatable bonds is 6. The van der Waals surface area contributed by atoms with E-state index in [0.717, 1.165) is 4.90 Å². The van der Waals surface area contributed by atoms with Crippen LogP contribution >= 0.6 is 11.6 Å². The molecule has 1 aliphatic heterocycles. The number of nitrogens with one attached hydrogen (secondary N) is 1. The maximum atomic E-state index is 13.5. The molecular formula is C24H17ClF2N2O3. The fraction of sp³-hybridized carbons (Fsp3) is 0.0833. The van der Waals surface area contributed by atoms with Crippen molar-refractivity contribution in [1.82, 2.24) is 4.90 Å². The minimum Gasteiger partial charge on any atom is -0.495 e. The quantitative estimate of drug-likeness (QED) is 0.531. The van der Waals surface area contributed by atoms with Crippen molar-refractivity contribution >= 4 is 34.7 Å². The SMILES string of the molecule is COc1ccc(NC2=C(c3ccc(F)cc3)C(=O)N(Cc3ccc(F)cc3)C2=O)cc1Cl. The fourth-order valence-electron chi connectivity index (χ4n) is 3.38. The zero-order valence-corrected chi connectivity index (χ0v) is 17.6. The first-order valence-electron chi connectivity index (χ1n) is 9.59. The van der Waals surface area contributed by atoms with Crippen LogP contribution in [0, 0.1) is 11.6 Å². The first-order chi connectivity index (χ1) is 15.4. The first kappa shape index (κ1) is 21.5. The number of imide groups is 1. The number of methoxy groups -OCH3 is 1. The Morgan fingerprint density at radius 3 is 2.12 bits per heavy atom. The molecule has 3 aromatic carbocycles. The summed E-state index contributed by atoms with van der Waals surface area (Å²) in [6.07, 6.45) is 0. The predicted octanol–water partition coefficient (Wildman–Crippen LogP) is 5.02. The molecule has 8 heteroatoms. The molecule has 0 saturated carbocycles. The third-order valence-electron chi connectivity index (χ3n) is 4.98. The van der Waals surface area contributed by atoms with Crippen molar-refractivity contribution in [2.75, 3.05) is 12.4 Å². The normalized spacial score (nSPS) is 13.7. The molecule has 0 bridgehead atoms. The van der Waals surface area contributed by atoms with Gasteiger partial charge in [0.1, 0.15) is 23.1 Å². The van der Waals surface area contributed by atoms with Crippen LogP contribution in [0.5, 0.6) is 5.75 Å². The Morgan fingerprint density at radius 1 is 0.906 bits per heavy atom. The average molecular weight is 455 g/mol. The Bertz CT molecular complexity index is 1220. The van der Waals surface area contributed by atoms with Crippen LogP contribution < -0.4 is 10.1 Å². The number of benzene rings is 3. The number of nitrogens with zero attached hydrogens (tertiary/aromatic N) is 1. The number of anilines is 1. The molecule has 5 nitrogen and oxygen atoms in total. The van der Waals surface area contributed by atoms with Gasteiger partial charge in [0.25, 0.3) is 11.8 Å². The van der Waals surface area contributed by atoms with Crippen LogP contribution in [0.15, 0.2) is 72.4 Å². The lowest BCUT2D eigenvalue weighted by Crippen LogP contribution is -2.32. The summed E-state index contributed by atoms with van der Waals surface area (Å²) in [5.74, 6) is -1.54. The molecule has 0 aliphatic carbocycles. The van der Waals surface area contributed by atoms with E-state index in [-0.39, 0.29) is 17.8 Å². The fourth-order valence-corrected chi connectivity index (χ4v) is 3.64. The minimum atomic E-state index is -0.564. The van der Waals surface area contributed by atoms with Gasteiger partial charge in [-0.05, 0) is 53.6 Å². The van der Waals surface area contributed by atoms with Gasteiger partial charge in [-0.25, -0.2) is 8.78 Å². The Balaban J connectivity index is 1.73. The van der Waals surface area contributed by atoms with Gasteiger partial charge in [-0.3, -0.25) is 14.5 Å². The van der Waals surface area contributed by atoms with Crippen molar-refractivity contribution in [3.8, 4) is 5.75 Å². The lowest BCUT2D eigenvalue weighted by atomic mass is 10.0. The van der Waals surface area contributed by atoms with Crippen LogP contribution in [0.3, 0.4) is 0 Å². The first-order valence-corrected chi connectivity index (χ1v) is 9.96. The Morgan fingerprint density at radius 2 is 1.53 bits per heavy atom. The van der Waals surface area contributed by atoms with Crippen LogP contribution in [0.4, 0.5) is 14.5 Å². The lowest BCUT2D eigenvalue weighted by molar-refractivity contribution is -0.137. The largest absolute Gasteiger partial charge is 0.495 e. The lowest BCUT2D eigenvalue weighted by Gasteiger charge is -2.15. The monoisotopic (exact) mass is 454 g/mol. The highest BCUT2D eigenvalue weighted by Gasteiger charge is 2.39. The second kappa shape index (κ2) is 8.80. The van der Waals surface area contributed by atoms with Gasteiger partial charge in [0.05, 0.1) is 24.3 Å². The summed E-state index contributed by atoms with van der Waals surface area (Å²) in [5.41, 5.74) is 1.57. The van der Waals surface area contributed by atoms with E-state index in [0.29, 0.717) is 27.6 Å². The molecule has 1 aliphatic rings. The molecule has 0 spiro atoms. The minimum absolute atomic E-state index is 0.0324. The van der Waals surface area contributed by atoms with Crippen LogP contribution in [0.2, 0.25) is 5.02 Å². The molecule has 32 heavy (non-hydrogen) atoms. The molecule has 2 amide bonds.